The first kappa shape index (κ1) is 21.4. The number of amides is 1. The highest BCUT2D eigenvalue weighted by Gasteiger charge is 2.64. The Kier molecular flexibility index (Phi) is 4.69. The summed E-state index contributed by atoms with van der Waals surface area (Å²) in [6, 6.07) is 1.99. The van der Waals surface area contributed by atoms with Gasteiger partial charge in [-0.1, -0.05) is 17.7 Å². The molecule has 0 spiro atoms. The second-order valence-corrected chi connectivity index (χ2v) is 8.80. The number of hydrogen-bond donors (Lipinski definition) is 5. The Balaban J connectivity index is 1.98. The molecule has 0 aliphatic heterocycles. The molecule has 0 radical (unpaired) electrons. The fourth-order valence-electron chi connectivity index (χ4n) is 5.19. The molecule has 9 nitrogen and oxygen atoms in total. The Morgan fingerprint density at radius 2 is 1.87 bits per heavy atom. The zero-order chi connectivity index (χ0) is 23.0. The highest BCUT2D eigenvalue weighted by molar-refractivity contribution is 6.32. The summed E-state index contributed by atoms with van der Waals surface area (Å²) in [4.78, 5) is 39.8. The van der Waals surface area contributed by atoms with Crippen molar-refractivity contribution in [3.63, 3.8) is 0 Å². The van der Waals surface area contributed by atoms with Gasteiger partial charge in [-0.25, -0.2) is 0 Å². The molecular weight excluding hydrogens is 428 g/mol. The van der Waals surface area contributed by atoms with Gasteiger partial charge in [-0.3, -0.25) is 19.3 Å². The Morgan fingerprint density at radius 3 is 2.45 bits per heavy atom. The Hall–Kier alpha value is -2.88. The number of aliphatic hydroxyl groups is 3. The first-order chi connectivity index (χ1) is 14.4. The molecule has 6 N–H and O–H groups in total. The van der Waals surface area contributed by atoms with Crippen LogP contribution in [0, 0.1) is 11.8 Å². The number of aliphatic hydroxyl groups excluding tert-OH is 2. The minimum absolute atomic E-state index is 0.0243. The molecule has 1 aromatic rings. The molecule has 0 bridgehead atoms. The maximum Gasteiger partial charge on any atom is 0.255 e. The van der Waals surface area contributed by atoms with Crippen molar-refractivity contribution in [3.05, 3.63) is 45.2 Å². The average Bonchev–Trinajstić information content (AvgIpc) is 2.67. The van der Waals surface area contributed by atoms with Crippen molar-refractivity contribution in [2.24, 2.45) is 17.6 Å². The van der Waals surface area contributed by atoms with Crippen molar-refractivity contribution in [3.8, 4) is 5.75 Å². The predicted octanol–water partition coefficient (Wildman–Crippen LogP) is 0.617. The van der Waals surface area contributed by atoms with Gasteiger partial charge in [0.2, 0.25) is 5.78 Å². The van der Waals surface area contributed by atoms with Gasteiger partial charge in [0.15, 0.2) is 11.4 Å². The van der Waals surface area contributed by atoms with E-state index in [0.717, 1.165) is 0 Å². The van der Waals surface area contributed by atoms with E-state index in [9.17, 15) is 34.8 Å². The molecule has 0 aromatic heterocycles. The summed E-state index contributed by atoms with van der Waals surface area (Å²) in [6.45, 7) is 0. The number of fused-ring (bicyclic) bond motifs is 3. The largest absolute Gasteiger partial charge is 0.508 e. The van der Waals surface area contributed by atoms with Gasteiger partial charge >= 0.3 is 0 Å². The lowest BCUT2D eigenvalue weighted by Gasteiger charge is -2.50. The number of ketones is 2. The molecule has 0 saturated heterocycles. The van der Waals surface area contributed by atoms with Gasteiger partial charge < -0.3 is 26.2 Å². The molecule has 1 saturated carbocycles. The number of aromatic hydroxyl groups is 1. The van der Waals surface area contributed by atoms with Crippen molar-refractivity contribution in [1.82, 2.24) is 4.90 Å². The number of hydrogen-bond acceptors (Lipinski definition) is 8. The van der Waals surface area contributed by atoms with Crippen LogP contribution in [0.15, 0.2) is 29.0 Å². The van der Waals surface area contributed by atoms with E-state index >= 15 is 0 Å². The highest BCUT2D eigenvalue weighted by Crippen LogP contribution is 2.53. The Labute approximate surface area is 182 Å². The van der Waals surface area contributed by atoms with E-state index in [-0.39, 0.29) is 29.0 Å². The second-order valence-electron chi connectivity index (χ2n) is 8.39. The van der Waals surface area contributed by atoms with E-state index in [4.69, 9.17) is 17.3 Å². The molecular formula is C21H21ClN2O7. The first-order valence-corrected chi connectivity index (χ1v) is 9.95. The Bertz CT molecular complexity index is 1120. The molecule has 0 unspecified atom stereocenters. The number of primary amides is 1. The van der Waals surface area contributed by atoms with Crippen LogP contribution in [-0.2, 0) is 20.8 Å². The van der Waals surface area contributed by atoms with Crippen molar-refractivity contribution in [1.29, 1.82) is 0 Å². The lowest BCUT2D eigenvalue weighted by Crippen LogP contribution is -2.65. The number of carbonyl (C=O) groups excluding carboxylic acids is 3. The fourth-order valence-corrected chi connectivity index (χ4v) is 5.35. The number of nitrogens with zero attached hydrogens (tertiary/aromatic N) is 1. The van der Waals surface area contributed by atoms with E-state index < -0.39 is 63.8 Å². The number of phenolic OH excluding ortho intramolecular Hbond substituents is 1. The number of benzene rings is 1. The topological polar surface area (TPSA) is 161 Å². The smallest absolute Gasteiger partial charge is 0.255 e. The summed E-state index contributed by atoms with van der Waals surface area (Å²) in [6.07, 6.45) is 0.286. The molecule has 1 fully saturated rings. The number of phenols is 1. The van der Waals surface area contributed by atoms with Crippen LogP contribution in [0.5, 0.6) is 5.75 Å². The van der Waals surface area contributed by atoms with Gasteiger partial charge in [0.25, 0.3) is 5.91 Å². The van der Waals surface area contributed by atoms with E-state index in [1.54, 1.807) is 20.2 Å². The summed E-state index contributed by atoms with van der Waals surface area (Å²) < 4.78 is 0. The third-order valence-corrected chi connectivity index (χ3v) is 6.85. The molecule has 0 heterocycles. The molecule has 4 atom stereocenters. The van der Waals surface area contributed by atoms with Gasteiger partial charge in [0, 0.05) is 11.5 Å². The van der Waals surface area contributed by atoms with E-state index in [1.807, 2.05) is 0 Å². The number of carbonyl (C=O) groups is 3. The summed E-state index contributed by atoms with van der Waals surface area (Å²) in [5.41, 5.74) is 2.11. The van der Waals surface area contributed by atoms with Crippen LogP contribution in [0.25, 0.3) is 5.76 Å². The molecule has 3 aliphatic carbocycles. The number of nitrogens with two attached hydrogens (primary N) is 1. The summed E-state index contributed by atoms with van der Waals surface area (Å²) in [5, 5.41) is 43.3. The van der Waals surface area contributed by atoms with Gasteiger partial charge in [0.1, 0.15) is 22.8 Å². The molecule has 10 heteroatoms. The lowest BCUT2D eigenvalue weighted by molar-refractivity contribution is -0.153. The van der Waals surface area contributed by atoms with Crippen LogP contribution in [0.1, 0.15) is 17.5 Å². The Morgan fingerprint density at radius 1 is 1.23 bits per heavy atom. The summed E-state index contributed by atoms with van der Waals surface area (Å²) in [5.74, 6) is -6.87. The molecule has 164 valence electrons. The van der Waals surface area contributed by atoms with Gasteiger partial charge in [-0.05, 0) is 44.5 Å². The summed E-state index contributed by atoms with van der Waals surface area (Å²) in [7, 11) is 3.10. The maximum atomic E-state index is 13.5. The van der Waals surface area contributed by atoms with Crippen LogP contribution in [0.2, 0.25) is 5.02 Å². The normalized spacial score (nSPS) is 30.3. The summed E-state index contributed by atoms with van der Waals surface area (Å²) >= 11 is 5.95. The average molecular weight is 449 g/mol. The van der Waals surface area contributed by atoms with Crippen molar-refractivity contribution in [2.45, 2.75) is 24.5 Å². The zero-order valence-electron chi connectivity index (χ0n) is 16.7. The number of rotatable bonds is 2. The monoisotopic (exact) mass is 448 g/mol. The highest BCUT2D eigenvalue weighted by atomic mass is 35.5. The van der Waals surface area contributed by atoms with Crippen LogP contribution >= 0.6 is 11.6 Å². The van der Waals surface area contributed by atoms with Crippen molar-refractivity contribution >= 4 is 34.8 Å². The predicted molar refractivity (Wildman–Crippen MR) is 109 cm³/mol. The van der Waals surface area contributed by atoms with Crippen LogP contribution in [0.3, 0.4) is 0 Å². The minimum atomic E-state index is -2.64. The van der Waals surface area contributed by atoms with E-state index in [2.05, 4.69) is 0 Å². The van der Waals surface area contributed by atoms with E-state index in [1.165, 1.54) is 11.0 Å². The molecule has 31 heavy (non-hydrogen) atoms. The number of Topliss-reactive ketones (excluding diaryl/α,β-unsaturated/α-hetero) is 2. The van der Waals surface area contributed by atoms with Crippen LogP contribution in [-0.4, -0.2) is 68.5 Å². The number of likely N-dealkylation sites (N-methyl/N-ethyl adjacent to an activating group) is 1. The third-order valence-electron chi connectivity index (χ3n) is 6.54. The quantitative estimate of drug-likeness (QED) is 0.411. The SMILES string of the molecule is CN(C)[C@@H]1C(=O)C(C(N)=O)=C(O)[C@@]2(O)C(=O)C3=C(O)c4c(ccc(Cl)c4O)C[C@H]3C[C@@H]12. The molecule has 1 aromatic carbocycles. The van der Waals surface area contributed by atoms with Crippen molar-refractivity contribution in [2.75, 3.05) is 14.1 Å². The van der Waals surface area contributed by atoms with Gasteiger partial charge in [-0.2, -0.15) is 0 Å². The standard InChI is InChI=1S/C21H21ClN2O7/c1-24(2)14-9-6-8-5-7-3-4-10(22)15(25)11(7)16(26)12(8)18(28)21(9,31)19(29)13(17(14)27)20(23)30/h3-4,8-9,14,25-26,29,31H,5-6H2,1-2H3,(H2,23,30)/t8-,9-,14-,21-/m0/s1. The molecule has 1 amide bonds. The lowest BCUT2D eigenvalue weighted by atomic mass is 9.57. The maximum absolute atomic E-state index is 13.5. The zero-order valence-corrected chi connectivity index (χ0v) is 17.5. The fraction of sp³-hybridized carbons (Fsp3) is 0.381. The van der Waals surface area contributed by atoms with Crippen molar-refractivity contribution < 1.29 is 34.8 Å². The van der Waals surface area contributed by atoms with Crippen LogP contribution < -0.4 is 5.73 Å². The minimum Gasteiger partial charge on any atom is -0.508 e. The number of halogens is 1. The van der Waals surface area contributed by atoms with Gasteiger partial charge in [-0.15, -0.1) is 0 Å². The molecule has 3 aliphatic rings. The second kappa shape index (κ2) is 6.81. The van der Waals surface area contributed by atoms with Gasteiger partial charge in [0.05, 0.1) is 16.6 Å². The van der Waals surface area contributed by atoms with E-state index in [0.29, 0.717) is 5.56 Å². The molecule has 4 rings (SSSR count). The third kappa shape index (κ3) is 2.67. The first-order valence-electron chi connectivity index (χ1n) is 9.58. The van der Waals surface area contributed by atoms with Crippen LogP contribution in [0.4, 0.5) is 0 Å².